The van der Waals surface area contributed by atoms with Crippen molar-refractivity contribution in [3.8, 4) is 0 Å². The van der Waals surface area contributed by atoms with E-state index < -0.39 is 15.1 Å². The molecule has 0 saturated carbocycles. The van der Waals surface area contributed by atoms with Gasteiger partial charge in [-0.15, -0.1) is 0 Å². The van der Waals surface area contributed by atoms with Crippen LogP contribution in [0.5, 0.6) is 0 Å². The van der Waals surface area contributed by atoms with Crippen LogP contribution in [0.25, 0.3) is 0 Å². The molecule has 0 radical (unpaired) electrons. The number of pyridine rings is 1. The van der Waals surface area contributed by atoms with Crippen molar-refractivity contribution in [3.05, 3.63) is 60.4 Å². The molecule has 0 aliphatic rings. The van der Waals surface area contributed by atoms with E-state index in [0.29, 0.717) is 10.5 Å². The lowest BCUT2D eigenvalue weighted by Crippen LogP contribution is -2.54. The number of hydrogen-bond acceptors (Lipinski definition) is 3. The number of nitrogens with zero attached hydrogens (tertiary/aromatic N) is 1. The molecule has 3 N–H and O–H groups in total. The van der Waals surface area contributed by atoms with Crippen molar-refractivity contribution in [2.75, 3.05) is 6.54 Å². The highest BCUT2D eigenvalue weighted by atomic mass is 32.2. The molecule has 94 valence electrons. The number of aromatic nitrogens is 1. The van der Waals surface area contributed by atoms with E-state index in [1.807, 2.05) is 0 Å². The molecule has 1 aromatic carbocycles. The first kappa shape index (κ1) is 12.7. The molecular formula is C13H15N2O2S+. The van der Waals surface area contributed by atoms with Crippen molar-refractivity contribution >= 4 is 9.84 Å². The van der Waals surface area contributed by atoms with Gasteiger partial charge in [0.1, 0.15) is 5.25 Å². The summed E-state index contributed by atoms with van der Waals surface area (Å²) in [6.45, 7) is 0.281. The minimum Gasteiger partial charge on any atom is -0.356 e. The summed E-state index contributed by atoms with van der Waals surface area (Å²) in [6, 6.07) is 11.9. The van der Waals surface area contributed by atoms with E-state index in [4.69, 9.17) is 0 Å². The molecule has 2 rings (SSSR count). The van der Waals surface area contributed by atoms with Crippen LogP contribution >= 0.6 is 0 Å². The lowest BCUT2D eigenvalue weighted by Gasteiger charge is -2.14. The molecule has 1 aromatic heterocycles. The van der Waals surface area contributed by atoms with E-state index in [2.05, 4.69) is 10.7 Å². The van der Waals surface area contributed by atoms with E-state index in [1.165, 1.54) is 0 Å². The smallest absolute Gasteiger partial charge is 0.190 e. The highest BCUT2D eigenvalue weighted by Gasteiger charge is 2.29. The van der Waals surface area contributed by atoms with Gasteiger partial charge in [0.25, 0.3) is 0 Å². The van der Waals surface area contributed by atoms with Crippen molar-refractivity contribution < 1.29 is 14.2 Å². The molecule has 5 heteroatoms. The monoisotopic (exact) mass is 263 g/mol. The standard InChI is InChI=1S/C13H14N2O2S/c14-9-13(11-5-4-8-15-10-11)18(16,17)12-6-2-1-3-7-12/h1-8,10,13H,9,14H2/p+1/t13-/m1/s1. The molecule has 4 nitrogen and oxygen atoms in total. The lowest BCUT2D eigenvalue weighted by atomic mass is 10.2. The molecule has 0 aliphatic heterocycles. The van der Waals surface area contributed by atoms with Gasteiger partial charge in [0.15, 0.2) is 9.84 Å². The second-order valence-electron chi connectivity index (χ2n) is 3.92. The molecular weight excluding hydrogens is 248 g/mol. The average Bonchev–Trinajstić information content (AvgIpc) is 2.41. The summed E-state index contributed by atoms with van der Waals surface area (Å²) in [5.41, 5.74) is 4.42. The maximum Gasteiger partial charge on any atom is 0.190 e. The zero-order valence-electron chi connectivity index (χ0n) is 9.86. The van der Waals surface area contributed by atoms with Gasteiger partial charge in [-0.1, -0.05) is 24.3 Å². The molecule has 2 aromatic rings. The van der Waals surface area contributed by atoms with Gasteiger partial charge in [0.05, 0.1) is 11.4 Å². The Morgan fingerprint density at radius 3 is 2.39 bits per heavy atom. The van der Waals surface area contributed by atoms with Gasteiger partial charge >= 0.3 is 0 Å². The minimum absolute atomic E-state index is 0.281. The van der Waals surface area contributed by atoms with Gasteiger partial charge in [-0.05, 0) is 23.8 Å². The van der Waals surface area contributed by atoms with E-state index in [9.17, 15) is 8.42 Å². The third-order valence-corrected chi connectivity index (χ3v) is 4.95. The molecule has 0 saturated heterocycles. The van der Waals surface area contributed by atoms with E-state index in [0.717, 1.165) is 0 Å². The largest absolute Gasteiger partial charge is 0.356 e. The Kier molecular flexibility index (Phi) is 3.74. The van der Waals surface area contributed by atoms with Gasteiger partial charge in [-0.25, -0.2) is 8.42 Å². The Morgan fingerprint density at radius 2 is 1.83 bits per heavy atom. The van der Waals surface area contributed by atoms with Gasteiger partial charge < -0.3 is 5.73 Å². The Labute approximate surface area is 106 Å². The summed E-state index contributed by atoms with van der Waals surface area (Å²) in [5, 5.41) is -0.645. The SMILES string of the molecule is [NH3+]C[C@H](c1cccnc1)S(=O)(=O)c1ccccc1. The maximum absolute atomic E-state index is 12.5. The summed E-state index contributed by atoms with van der Waals surface area (Å²) >= 11 is 0. The van der Waals surface area contributed by atoms with Crippen LogP contribution in [0.15, 0.2) is 59.8 Å². The lowest BCUT2D eigenvalue weighted by molar-refractivity contribution is -0.367. The van der Waals surface area contributed by atoms with E-state index >= 15 is 0 Å². The summed E-state index contributed by atoms with van der Waals surface area (Å²) < 4.78 is 25.0. The van der Waals surface area contributed by atoms with Crippen molar-refractivity contribution in [2.24, 2.45) is 0 Å². The van der Waals surface area contributed by atoms with Crippen molar-refractivity contribution in [3.63, 3.8) is 0 Å². The fourth-order valence-electron chi connectivity index (χ4n) is 1.84. The molecule has 0 spiro atoms. The predicted molar refractivity (Wildman–Crippen MR) is 68.4 cm³/mol. The normalized spacial score (nSPS) is 13.2. The molecule has 1 heterocycles. The third-order valence-electron chi connectivity index (χ3n) is 2.76. The number of hydrogen-bond donors (Lipinski definition) is 1. The topological polar surface area (TPSA) is 74.7 Å². The maximum atomic E-state index is 12.5. The zero-order chi connectivity index (χ0) is 13.0. The van der Waals surface area contributed by atoms with Gasteiger partial charge in [-0.2, -0.15) is 0 Å². The Balaban J connectivity index is 2.46. The quantitative estimate of drug-likeness (QED) is 0.888. The first-order valence-electron chi connectivity index (χ1n) is 5.64. The summed E-state index contributed by atoms with van der Waals surface area (Å²) in [7, 11) is -3.41. The van der Waals surface area contributed by atoms with Crippen LogP contribution in [0.1, 0.15) is 10.8 Å². The molecule has 18 heavy (non-hydrogen) atoms. The molecule has 0 unspecified atom stereocenters. The van der Waals surface area contributed by atoms with Crippen LogP contribution in [0.4, 0.5) is 0 Å². The third kappa shape index (κ3) is 2.42. The van der Waals surface area contributed by atoms with Crippen LogP contribution in [-0.2, 0) is 9.84 Å². The molecule has 0 amide bonds. The second-order valence-corrected chi connectivity index (χ2v) is 6.05. The zero-order valence-corrected chi connectivity index (χ0v) is 10.7. The number of sulfone groups is 1. The molecule has 0 bridgehead atoms. The summed E-state index contributed by atoms with van der Waals surface area (Å²) in [5.74, 6) is 0. The number of quaternary nitrogens is 1. The Morgan fingerprint density at radius 1 is 1.11 bits per heavy atom. The van der Waals surface area contributed by atoms with Crippen LogP contribution in [0, 0.1) is 0 Å². The highest BCUT2D eigenvalue weighted by molar-refractivity contribution is 7.91. The Bertz CT molecular complexity index is 597. The molecule has 0 aliphatic carbocycles. The fourth-order valence-corrected chi connectivity index (χ4v) is 3.51. The van der Waals surface area contributed by atoms with Crippen LogP contribution in [-0.4, -0.2) is 19.9 Å². The van der Waals surface area contributed by atoms with E-state index in [-0.39, 0.29) is 6.54 Å². The van der Waals surface area contributed by atoms with Crippen LogP contribution < -0.4 is 5.73 Å². The highest BCUT2D eigenvalue weighted by Crippen LogP contribution is 2.26. The molecule has 0 fully saturated rings. The van der Waals surface area contributed by atoms with Gasteiger partial charge in [0.2, 0.25) is 0 Å². The first-order chi connectivity index (χ1) is 8.66. The van der Waals surface area contributed by atoms with Crippen LogP contribution in [0.2, 0.25) is 0 Å². The van der Waals surface area contributed by atoms with Crippen molar-refractivity contribution in [1.29, 1.82) is 0 Å². The fraction of sp³-hybridized carbons (Fsp3) is 0.154. The summed E-state index contributed by atoms with van der Waals surface area (Å²) in [6.07, 6.45) is 3.20. The van der Waals surface area contributed by atoms with Crippen molar-refractivity contribution in [2.45, 2.75) is 10.1 Å². The van der Waals surface area contributed by atoms with E-state index in [1.54, 1.807) is 54.9 Å². The van der Waals surface area contributed by atoms with Crippen molar-refractivity contribution in [1.82, 2.24) is 4.98 Å². The number of rotatable bonds is 4. The number of benzene rings is 1. The summed E-state index contributed by atoms with van der Waals surface area (Å²) in [4.78, 5) is 4.29. The van der Waals surface area contributed by atoms with Crippen LogP contribution in [0.3, 0.4) is 0 Å². The van der Waals surface area contributed by atoms with Gasteiger partial charge in [-0.3, -0.25) is 4.98 Å². The minimum atomic E-state index is -3.41. The second kappa shape index (κ2) is 5.29. The first-order valence-corrected chi connectivity index (χ1v) is 7.19. The molecule has 1 atom stereocenters. The average molecular weight is 263 g/mol. The van der Waals surface area contributed by atoms with Gasteiger partial charge in [0, 0.05) is 12.4 Å². The predicted octanol–water partition coefficient (Wildman–Crippen LogP) is 0.838. The Hall–Kier alpha value is -1.72.